The quantitative estimate of drug-likeness (QED) is 0.463. The Morgan fingerprint density at radius 2 is 1.32 bits per heavy atom. The molecule has 0 unspecified atom stereocenters. The Bertz CT molecular complexity index is 505. The maximum Gasteiger partial charge on any atom is 0.0341 e. The van der Waals surface area contributed by atoms with Crippen molar-refractivity contribution in [3.8, 4) is 0 Å². The van der Waals surface area contributed by atoms with E-state index in [4.69, 9.17) is 5.73 Å². The normalized spacial score (nSPS) is 10.5. The van der Waals surface area contributed by atoms with Crippen LogP contribution in [0.1, 0.15) is 44.1 Å². The molecule has 0 aliphatic rings. The second-order valence-electron chi connectivity index (χ2n) is 5.91. The molecule has 22 heavy (non-hydrogen) atoms. The number of hydrogen-bond donors (Lipinski definition) is 2. The third-order valence-corrected chi connectivity index (χ3v) is 3.97. The van der Waals surface area contributed by atoms with Crippen LogP contribution in [0, 0.1) is 0 Å². The summed E-state index contributed by atoms with van der Waals surface area (Å²) in [4.78, 5) is 0. The number of nitrogen functional groups attached to an aromatic ring is 1. The predicted molar refractivity (Wildman–Crippen MR) is 97.2 cm³/mol. The van der Waals surface area contributed by atoms with E-state index in [9.17, 15) is 0 Å². The smallest absolute Gasteiger partial charge is 0.0341 e. The summed E-state index contributed by atoms with van der Waals surface area (Å²) in [6, 6.07) is 18.8. The number of aryl methyl sites for hydroxylation is 1. The SMILES string of the molecule is Nc1ccc(NCCCCCCCCc2ccccc2)cc1. The maximum absolute atomic E-state index is 5.67. The van der Waals surface area contributed by atoms with E-state index in [0.29, 0.717) is 0 Å². The molecule has 0 bridgehead atoms. The molecule has 2 aromatic rings. The van der Waals surface area contributed by atoms with Gasteiger partial charge in [0, 0.05) is 17.9 Å². The fourth-order valence-corrected chi connectivity index (χ4v) is 2.64. The van der Waals surface area contributed by atoms with Crippen molar-refractivity contribution in [2.75, 3.05) is 17.6 Å². The minimum atomic E-state index is 0.820. The second-order valence-corrected chi connectivity index (χ2v) is 5.91. The van der Waals surface area contributed by atoms with Gasteiger partial charge >= 0.3 is 0 Å². The van der Waals surface area contributed by atoms with Crippen LogP contribution in [0.4, 0.5) is 11.4 Å². The number of anilines is 2. The van der Waals surface area contributed by atoms with Crippen molar-refractivity contribution in [2.45, 2.75) is 44.9 Å². The zero-order valence-electron chi connectivity index (χ0n) is 13.4. The van der Waals surface area contributed by atoms with Gasteiger partial charge in [-0.1, -0.05) is 56.0 Å². The second kappa shape index (κ2) is 9.88. The molecule has 3 N–H and O–H groups in total. The lowest BCUT2D eigenvalue weighted by atomic mass is 10.1. The average Bonchev–Trinajstić information content (AvgIpc) is 2.56. The fourth-order valence-electron chi connectivity index (χ4n) is 2.64. The number of unbranched alkanes of at least 4 members (excludes halogenated alkanes) is 5. The molecular weight excluding hydrogens is 268 g/mol. The summed E-state index contributed by atoms with van der Waals surface area (Å²) in [7, 11) is 0. The summed E-state index contributed by atoms with van der Waals surface area (Å²) >= 11 is 0. The minimum Gasteiger partial charge on any atom is -0.399 e. The highest BCUT2D eigenvalue weighted by Gasteiger charge is 1.95. The average molecular weight is 296 g/mol. The summed E-state index contributed by atoms with van der Waals surface area (Å²) < 4.78 is 0. The third-order valence-electron chi connectivity index (χ3n) is 3.97. The molecule has 2 nitrogen and oxygen atoms in total. The van der Waals surface area contributed by atoms with E-state index in [0.717, 1.165) is 17.9 Å². The molecule has 0 amide bonds. The van der Waals surface area contributed by atoms with Crippen LogP contribution in [-0.2, 0) is 6.42 Å². The van der Waals surface area contributed by atoms with Crippen LogP contribution in [0.5, 0.6) is 0 Å². The van der Waals surface area contributed by atoms with Crippen LogP contribution >= 0.6 is 0 Å². The summed E-state index contributed by atoms with van der Waals surface area (Å²) in [5.41, 5.74) is 9.12. The van der Waals surface area contributed by atoms with Crippen molar-refractivity contribution < 1.29 is 0 Å². The number of rotatable bonds is 10. The maximum atomic E-state index is 5.67. The van der Waals surface area contributed by atoms with E-state index in [2.05, 4.69) is 35.6 Å². The first-order chi connectivity index (χ1) is 10.8. The van der Waals surface area contributed by atoms with Gasteiger partial charge in [-0.3, -0.25) is 0 Å². The van der Waals surface area contributed by atoms with Crippen LogP contribution in [0.25, 0.3) is 0 Å². The summed E-state index contributed by atoms with van der Waals surface area (Å²) in [6.45, 7) is 1.05. The van der Waals surface area contributed by atoms with Gasteiger partial charge in [-0.05, 0) is 49.1 Å². The number of nitrogens with one attached hydrogen (secondary N) is 1. The van der Waals surface area contributed by atoms with Crippen LogP contribution in [0.2, 0.25) is 0 Å². The highest BCUT2D eigenvalue weighted by molar-refractivity contribution is 5.51. The van der Waals surface area contributed by atoms with E-state index in [-0.39, 0.29) is 0 Å². The van der Waals surface area contributed by atoms with Crippen molar-refractivity contribution in [3.63, 3.8) is 0 Å². The summed E-state index contributed by atoms with van der Waals surface area (Å²) in [5.74, 6) is 0. The van der Waals surface area contributed by atoms with Gasteiger partial charge in [-0.25, -0.2) is 0 Å². The van der Waals surface area contributed by atoms with E-state index < -0.39 is 0 Å². The Morgan fingerprint density at radius 1 is 0.682 bits per heavy atom. The van der Waals surface area contributed by atoms with Gasteiger partial charge in [0.05, 0.1) is 0 Å². The molecule has 0 aromatic heterocycles. The lowest BCUT2D eigenvalue weighted by molar-refractivity contribution is 0.601. The van der Waals surface area contributed by atoms with Gasteiger partial charge in [0.2, 0.25) is 0 Å². The zero-order valence-corrected chi connectivity index (χ0v) is 13.4. The molecule has 2 aromatic carbocycles. The Kier molecular flexibility index (Phi) is 7.37. The van der Waals surface area contributed by atoms with E-state index in [1.54, 1.807) is 0 Å². The molecule has 0 atom stereocenters. The minimum absolute atomic E-state index is 0.820. The van der Waals surface area contributed by atoms with E-state index >= 15 is 0 Å². The van der Waals surface area contributed by atoms with Crippen molar-refractivity contribution >= 4 is 11.4 Å². The third kappa shape index (κ3) is 6.66. The lowest BCUT2D eigenvalue weighted by Gasteiger charge is -2.06. The van der Waals surface area contributed by atoms with Crippen molar-refractivity contribution in [1.29, 1.82) is 0 Å². The van der Waals surface area contributed by atoms with Crippen LogP contribution in [0.3, 0.4) is 0 Å². The first-order valence-electron chi connectivity index (χ1n) is 8.48. The molecule has 0 fully saturated rings. The number of hydrogen-bond acceptors (Lipinski definition) is 2. The zero-order chi connectivity index (χ0) is 15.5. The largest absolute Gasteiger partial charge is 0.399 e. The highest BCUT2D eigenvalue weighted by atomic mass is 14.9. The first-order valence-corrected chi connectivity index (χ1v) is 8.48. The molecular formula is C20H28N2. The van der Waals surface area contributed by atoms with Gasteiger partial charge in [-0.2, -0.15) is 0 Å². The number of benzene rings is 2. The monoisotopic (exact) mass is 296 g/mol. The molecule has 0 saturated carbocycles. The summed E-state index contributed by atoms with van der Waals surface area (Å²) in [6.07, 6.45) is 9.14. The Hall–Kier alpha value is -1.96. The molecule has 118 valence electrons. The van der Waals surface area contributed by atoms with Crippen LogP contribution < -0.4 is 11.1 Å². The first kappa shape index (κ1) is 16.4. The Labute approximate surface area is 134 Å². The van der Waals surface area contributed by atoms with Crippen molar-refractivity contribution in [1.82, 2.24) is 0 Å². The van der Waals surface area contributed by atoms with Crippen molar-refractivity contribution in [3.05, 3.63) is 60.2 Å². The van der Waals surface area contributed by atoms with Crippen LogP contribution in [0.15, 0.2) is 54.6 Å². The van der Waals surface area contributed by atoms with Gasteiger partial charge in [0.1, 0.15) is 0 Å². The van der Waals surface area contributed by atoms with Gasteiger partial charge in [0.15, 0.2) is 0 Å². The standard InChI is InChI=1S/C20H28N2/c21-19-13-15-20(16-14-19)22-17-9-4-2-1-3-6-10-18-11-7-5-8-12-18/h5,7-8,11-16,22H,1-4,6,9-10,17,21H2. The highest BCUT2D eigenvalue weighted by Crippen LogP contribution is 2.12. The van der Waals surface area contributed by atoms with Gasteiger partial charge in [0.25, 0.3) is 0 Å². The lowest BCUT2D eigenvalue weighted by Crippen LogP contribution is -2.01. The van der Waals surface area contributed by atoms with E-state index in [1.807, 2.05) is 24.3 Å². The Morgan fingerprint density at radius 3 is 2.05 bits per heavy atom. The Balaban J connectivity index is 1.42. The van der Waals surface area contributed by atoms with Gasteiger partial charge < -0.3 is 11.1 Å². The van der Waals surface area contributed by atoms with Gasteiger partial charge in [-0.15, -0.1) is 0 Å². The molecule has 0 spiro atoms. The number of nitrogens with two attached hydrogens (primary N) is 1. The fraction of sp³-hybridized carbons (Fsp3) is 0.400. The molecule has 2 heteroatoms. The van der Waals surface area contributed by atoms with E-state index in [1.165, 1.54) is 50.5 Å². The molecule has 2 rings (SSSR count). The molecule has 0 saturated heterocycles. The van der Waals surface area contributed by atoms with Crippen LogP contribution in [-0.4, -0.2) is 6.54 Å². The topological polar surface area (TPSA) is 38.0 Å². The molecule has 0 aliphatic carbocycles. The molecule has 0 radical (unpaired) electrons. The van der Waals surface area contributed by atoms with Crippen molar-refractivity contribution in [2.24, 2.45) is 0 Å². The molecule has 0 heterocycles. The predicted octanol–water partition coefficient (Wildman–Crippen LogP) is 5.26. The molecule has 0 aliphatic heterocycles. The summed E-state index contributed by atoms with van der Waals surface area (Å²) in [5, 5.41) is 3.44.